The highest BCUT2D eigenvalue weighted by atomic mass is 16.5. The number of amides is 2. The van der Waals surface area contributed by atoms with Crippen LogP contribution in [0.5, 0.6) is 5.75 Å². The van der Waals surface area contributed by atoms with Gasteiger partial charge in [-0.05, 0) is 30.3 Å². The van der Waals surface area contributed by atoms with E-state index in [-0.39, 0.29) is 12.0 Å². The van der Waals surface area contributed by atoms with Gasteiger partial charge in [0.25, 0.3) is 11.8 Å². The maximum absolute atomic E-state index is 12.5. The number of carbonyl (C=O) groups excluding carboxylic acids is 3. The molecule has 0 fully saturated rings. The molecule has 0 spiro atoms. The number of nitrogens with one attached hydrogen (secondary N) is 2. The van der Waals surface area contributed by atoms with Gasteiger partial charge < -0.3 is 20.1 Å². The minimum atomic E-state index is -0.738. The number of hydrogen-bond acceptors (Lipinski definition) is 6. The molecule has 0 unspecified atom stereocenters. The van der Waals surface area contributed by atoms with Gasteiger partial charge in [0.05, 0.1) is 18.5 Å². The van der Waals surface area contributed by atoms with Crippen LogP contribution in [0.2, 0.25) is 0 Å². The SMILES string of the molecule is COc1cccc(C(=O)NCC(=O)OCC(=O)Nc2cc(C(C)(C)C)nn2-c2ccccc2)c1. The molecule has 0 saturated heterocycles. The molecule has 0 atom stereocenters. The molecule has 1 aromatic heterocycles. The Morgan fingerprint density at radius 2 is 1.74 bits per heavy atom. The summed E-state index contributed by atoms with van der Waals surface area (Å²) in [5.74, 6) is -0.732. The number of anilines is 1. The molecule has 0 bridgehead atoms. The van der Waals surface area contributed by atoms with E-state index in [4.69, 9.17) is 9.47 Å². The Hall–Kier alpha value is -4.14. The van der Waals surface area contributed by atoms with Crippen LogP contribution in [-0.2, 0) is 19.7 Å². The molecular formula is C25H28N4O5. The van der Waals surface area contributed by atoms with Gasteiger partial charge in [-0.1, -0.05) is 45.0 Å². The van der Waals surface area contributed by atoms with Gasteiger partial charge in [0, 0.05) is 17.0 Å². The highest BCUT2D eigenvalue weighted by Crippen LogP contribution is 2.26. The quantitative estimate of drug-likeness (QED) is 0.496. The minimum Gasteiger partial charge on any atom is -0.497 e. The number of methoxy groups -OCH3 is 1. The predicted molar refractivity (Wildman–Crippen MR) is 127 cm³/mol. The van der Waals surface area contributed by atoms with Crippen molar-refractivity contribution < 1.29 is 23.9 Å². The van der Waals surface area contributed by atoms with E-state index >= 15 is 0 Å². The Kier molecular flexibility index (Phi) is 7.68. The predicted octanol–water partition coefficient (Wildman–Crippen LogP) is 3.09. The molecule has 0 aliphatic rings. The first-order valence-electron chi connectivity index (χ1n) is 10.7. The van der Waals surface area contributed by atoms with Crippen LogP contribution < -0.4 is 15.4 Å². The molecule has 1 heterocycles. The molecule has 9 nitrogen and oxygen atoms in total. The third-order valence-corrected chi connectivity index (χ3v) is 4.84. The topological polar surface area (TPSA) is 112 Å². The Balaban J connectivity index is 1.57. The monoisotopic (exact) mass is 464 g/mol. The van der Waals surface area contributed by atoms with Crippen LogP contribution in [0, 0.1) is 0 Å². The Morgan fingerprint density at radius 1 is 1.00 bits per heavy atom. The third kappa shape index (κ3) is 6.44. The summed E-state index contributed by atoms with van der Waals surface area (Å²) in [7, 11) is 1.50. The van der Waals surface area contributed by atoms with Crippen LogP contribution in [0.4, 0.5) is 5.82 Å². The van der Waals surface area contributed by atoms with E-state index in [1.54, 1.807) is 35.0 Å². The van der Waals surface area contributed by atoms with E-state index in [9.17, 15) is 14.4 Å². The lowest BCUT2D eigenvalue weighted by atomic mass is 9.92. The summed E-state index contributed by atoms with van der Waals surface area (Å²) in [4.78, 5) is 36.7. The van der Waals surface area contributed by atoms with Crippen LogP contribution in [0.3, 0.4) is 0 Å². The highest BCUT2D eigenvalue weighted by molar-refractivity contribution is 5.96. The van der Waals surface area contributed by atoms with Crippen molar-refractivity contribution in [3.8, 4) is 11.4 Å². The number of aromatic nitrogens is 2. The molecule has 2 aromatic carbocycles. The molecule has 0 saturated carbocycles. The lowest BCUT2D eigenvalue weighted by Crippen LogP contribution is -2.32. The molecule has 3 aromatic rings. The second-order valence-electron chi connectivity index (χ2n) is 8.54. The summed E-state index contributed by atoms with van der Waals surface area (Å²) >= 11 is 0. The van der Waals surface area contributed by atoms with Gasteiger partial charge in [0.15, 0.2) is 6.61 Å². The largest absolute Gasteiger partial charge is 0.497 e. The number of rotatable bonds is 8. The second-order valence-corrected chi connectivity index (χ2v) is 8.54. The zero-order valence-corrected chi connectivity index (χ0v) is 19.6. The van der Waals surface area contributed by atoms with Gasteiger partial charge in [-0.15, -0.1) is 0 Å². The van der Waals surface area contributed by atoms with Crippen LogP contribution in [0.15, 0.2) is 60.7 Å². The number of nitrogens with zero attached hydrogens (tertiary/aromatic N) is 2. The number of carbonyl (C=O) groups is 3. The number of para-hydroxylation sites is 1. The van der Waals surface area contributed by atoms with Crippen molar-refractivity contribution in [2.24, 2.45) is 0 Å². The summed E-state index contributed by atoms with van der Waals surface area (Å²) in [6.45, 7) is 5.20. The van der Waals surface area contributed by atoms with Gasteiger partial charge in [-0.25, -0.2) is 4.68 Å². The number of ether oxygens (including phenoxy) is 2. The summed E-state index contributed by atoms with van der Waals surface area (Å²) in [6.07, 6.45) is 0. The third-order valence-electron chi connectivity index (χ3n) is 4.84. The summed E-state index contributed by atoms with van der Waals surface area (Å²) in [5.41, 5.74) is 1.69. The molecule has 3 rings (SSSR count). The number of esters is 1. The number of benzene rings is 2. The average Bonchev–Trinajstić information content (AvgIpc) is 3.26. The van der Waals surface area contributed by atoms with Crippen molar-refractivity contribution >= 4 is 23.6 Å². The molecule has 178 valence electrons. The van der Waals surface area contributed by atoms with Crippen molar-refractivity contribution in [3.05, 3.63) is 71.9 Å². The van der Waals surface area contributed by atoms with Gasteiger partial charge in [-0.3, -0.25) is 14.4 Å². The number of hydrogen-bond donors (Lipinski definition) is 2. The summed E-state index contributed by atoms with van der Waals surface area (Å²) in [5, 5.41) is 9.83. The maximum Gasteiger partial charge on any atom is 0.325 e. The Labute approximate surface area is 198 Å². The maximum atomic E-state index is 12.5. The smallest absolute Gasteiger partial charge is 0.325 e. The van der Waals surface area contributed by atoms with Gasteiger partial charge in [0.1, 0.15) is 18.1 Å². The van der Waals surface area contributed by atoms with Gasteiger partial charge in [0.2, 0.25) is 0 Å². The van der Waals surface area contributed by atoms with Crippen LogP contribution in [0.25, 0.3) is 5.69 Å². The molecule has 9 heteroatoms. The zero-order valence-electron chi connectivity index (χ0n) is 19.6. The lowest BCUT2D eigenvalue weighted by Gasteiger charge is -2.14. The molecule has 2 amide bonds. The first kappa shape index (κ1) is 24.5. The highest BCUT2D eigenvalue weighted by Gasteiger charge is 2.22. The van der Waals surface area contributed by atoms with E-state index < -0.39 is 24.4 Å². The second kappa shape index (κ2) is 10.7. The fraction of sp³-hybridized carbons (Fsp3) is 0.280. The molecule has 2 N–H and O–H groups in total. The van der Waals surface area contributed by atoms with Crippen molar-refractivity contribution in [3.63, 3.8) is 0 Å². The van der Waals surface area contributed by atoms with E-state index in [0.717, 1.165) is 11.4 Å². The molecule has 0 radical (unpaired) electrons. The molecular weight excluding hydrogens is 436 g/mol. The van der Waals surface area contributed by atoms with Crippen molar-refractivity contribution in [1.82, 2.24) is 15.1 Å². The van der Waals surface area contributed by atoms with E-state index in [1.807, 2.05) is 51.1 Å². The van der Waals surface area contributed by atoms with Crippen LogP contribution >= 0.6 is 0 Å². The fourth-order valence-corrected chi connectivity index (χ4v) is 3.00. The first-order chi connectivity index (χ1) is 16.2. The van der Waals surface area contributed by atoms with Crippen molar-refractivity contribution in [1.29, 1.82) is 0 Å². The Bertz CT molecular complexity index is 1170. The van der Waals surface area contributed by atoms with Crippen LogP contribution in [0.1, 0.15) is 36.8 Å². The minimum absolute atomic E-state index is 0.229. The van der Waals surface area contributed by atoms with Gasteiger partial charge in [-0.2, -0.15) is 5.10 Å². The molecule has 0 aliphatic carbocycles. The lowest BCUT2D eigenvalue weighted by molar-refractivity contribution is -0.146. The standard InChI is InChI=1S/C25H28N4O5/c1-25(2,3)20-14-21(29(28-20)18-10-6-5-7-11-18)27-22(30)16-34-23(31)15-26-24(32)17-9-8-12-19(13-17)33-4/h5-14H,15-16H2,1-4H3,(H,26,32)(H,27,30). The zero-order chi connectivity index (χ0) is 24.7. The fourth-order valence-electron chi connectivity index (χ4n) is 3.00. The van der Waals surface area contributed by atoms with Gasteiger partial charge >= 0.3 is 5.97 Å². The van der Waals surface area contributed by atoms with E-state index in [2.05, 4.69) is 15.7 Å². The summed E-state index contributed by atoms with van der Waals surface area (Å²) < 4.78 is 11.7. The normalized spacial score (nSPS) is 10.9. The van der Waals surface area contributed by atoms with E-state index in [1.165, 1.54) is 7.11 Å². The van der Waals surface area contributed by atoms with Crippen LogP contribution in [-0.4, -0.2) is 47.8 Å². The van der Waals surface area contributed by atoms with Crippen molar-refractivity contribution in [2.45, 2.75) is 26.2 Å². The molecule has 0 aliphatic heterocycles. The Morgan fingerprint density at radius 3 is 2.41 bits per heavy atom. The average molecular weight is 465 g/mol. The van der Waals surface area contributed by atoms with Crippen molar-refractivity contribution in [2.75, 3.05) is 25.6 Å². The first-order valence-corrected chi connectivity index (χ1v) is 10.7. The van der Waals surface area contributed by atoms with E-state index in [0.29, 0.717) is 17.1 Å². The molecule has 34 heavy (non-hydrogen) atoms. The summed E-state index contributed by atoms with van der Waals surface area (Å²) in [6, 6.07) is 17.7.